The number of likely N-dealkylation sites (tertiary alicyclic amines) is 1. The summed E-state index contributed by atoms with van der Waals surface area (Å²) in [5.41, 5.74) is 2.38. The van der Waals surface area contributed by atoms with E-state index in [0.29, 0.717) is 36.6 Å². The van der Waals surface area contributed by atoms with Crippen LogP contribution >= 0.6 is 0 Å². The molecule has 25 heavy (non-hydrogen) atoms. The summed E-state index contributed by atoms with van der Waals surface area (Å²) in [6.45, 7) is 5.50. The predicted octanol–water partition coefficient (Wildman–Crippen LogP) is 1.46. The molecule has 1 saturated heterocycles. The van der Waals surface area contributed by atoms with Gasteiger partial charge in [0.25, 0.3) is 5.91 Å². The minimum absolute atomic E-state index is 0.117. The Morgan fingerprint density at radius 2 is 2.08 bits per heavy atom. The number of nitrogens with zero attached hydrogens (tertiary/aromatic N) is 3. The highest BCUT2D eigenvalue weighted by Gasteiger charge is 2.31. The van der Waals surface area contributed by atoms with E-state index in [2.05, 4.69) is 32.3 Å². The number of carbonyl (C=O) groups excluding carboxylic acids is 1. The van der Waals surface area contributed by atoms with E-state index in [1.165, 1.54) is 5.56 Å². The molecule has 1 fully saturated rings. The minimum atomic E-state index is -0.352. The van der Waals surface area contributed by atoms with Gasteiger partial charge < -0.3 is 10.4 Å². The Morgan fingerprint density at radius 3 is 2.80 bits per heavy atom. The Kier molecular flexibility index (Phi) is 5.40. The average molecular weight is 340 g/mol. The van der Waals surface area contributed by atoms with Crippen molar-refractivity contribution in [1.82, 2.24) is 20.2 Å². The zero-order valence-corrected chi connectivity index (χ0v) is 14.6. The Labute approximate surface area is 147 Å². The minimum Gasteiger partial charge on any atom is -0.392 e. The molecule has 2 heterocycles. The van der Waals surface area contributed by atoms with Crippen LogP contribution in [0.1, 0.15) is 33.9 Å². The van der Waals surface area contributed by atoms with Crippen molar-refractivity contribution in [2.24, 2.45) is 0 Å². The van der Waals surface area contributed by atoms with E-state index in [1.807, 2.05) is 25.1 Å². The van der Waals surface area contributed by atoms with Crippen molar-refractivity contribution in [3.05, 3.63) is 59.2 Å². The number of benzene rings is 1. The lowest BCUT2D eigenvalue weighted by molar-refractivity contribution is 0.0938. The highest BCUT2D eigenvalue weighted by molar-refractivity contribution is 5.94. The third-order valence-corrected chi connectivity index (χ3v) is 4.58. The first-order valence-electron chi connectivity index (χ1n) is 8.57. The molecule has 0 saturated carbocycles. The Hall–Kier alpha value is -2.31. The van der Waals surface area contributed by atoms with Crippen LogP contribution in [0.25, 0.3) is 0 Å². The van der Waals surface area contributed by atoms with Crippen molar-refractivity contribution in [2.45, 2.75) is 39.0 Å². The molecule has 0 spiro atoms. The molecule has 0 radical (unpaired) electrons. The molecule has 3 rings (SSSR count). The summed E-state index contributed by atoms with van der Waals surface area (Å²) < 4.78 is 0. The van der Waals surface area contributed by atoms with Crippen LogP contribution in [0.4, 0.5) is 0 Å². The van der Waals surface area contributed by atoms with Gasteiger partial charge in [-0.1, -0.05) is 30.3 Å². The summed E-state index contributed by atoms with van der Waals surface area (Å²) in [7, 11) is 0. The lowest BCUT2D eigenvalue weighted by Crippen LogP contribution is -2.40. The molecule has 1 amide bonds. The van der Waals surface area contributed by atoms with Crippen LogP contribution in [-0.2, 0) is 6.54 Å². The van der Waals surface area contributed by atoms with Gasteiger partial charge in [-0.05, 0) is 25.8 Å². The van der Waals surface area contributed by atoms with Gasteiger partial charge >= 0.3 is 0 Å². The van der Waals surface area contributed by atoms with Crippen LogP contribution in [0.5, 0.6) is 0 Å². The second kappa shape index (κ2) is 7.72. The second-order valence-corrected chi connectivity index (χ2v) is 6.58. The van der Waals surface area contributed by atoms with E-state index in [-0.39, 0.29) is 18.1 Å². The van der Waals surface area contributed by atoms with Gasteiger partial charge in [0.1, 0.15) is 5.82 Å². The molecule has 1 aromatic heterocycles. The number of aryl methyl sites for hydroxylation is 2. The summed E-state index contributed by atoms with van der Waals surface area (Å²) in [5.74, 6) is 0.487. The van der Waals surface area contributed by atoms with Gasteiger partial charge in [0.05, 0.1) is 17.4 Å². The Bertz CT molecular complexity index is 735. The lowest BCUT2D eigenvalue weighted by Gasteiger charge is -2.24. The number of aliphatic hydroxyl groups excluding tert-OH is 1. The number of aliphatic hydroxyl groups is 1. The van der Waals surface area contributed by atoms with Crippen molar-refractivity contribution in [2.75, 3.05) is 13.1 Å². The molecular weight excluding hydrogens is 316 g/mol. The number of hydrogen-bond acceptors (Lipinski definition) is 5. The molecular formula is C19H24N4O2. The fourth-order valence-electron chi connectivity index (χ4n) is 3.29. The van der Waals surface area contributed by atoms with E-state index in [9.17, 15) is 9.90 Å². The van der Waals surface area contributed by atoms with Crippen molar-refractivity contribution in [1.29, 1.82) is 0 Å². The largest absolute Gasteiger partial charge is 0.392 e. The van der Waals surface area contributed by atoms with Crippen molar-refractivity contribution < 1.29 is 9.90 Å². The Balaban J connectivity index is 1.61. The van der Waals surface area contributed by atoms with Crippen LogP contribution in [0.2, 0.25) is 0 Å². The SMILES string of the molecule is Cc1ncc(C(=O)NCC2CC(O)CN2Cc2ccccc2)c(C)n1. The van der Waals surface area contributed by atoms with Gasteiger partial charge in [0, 0.05) is 31.9 Å². The zero-order chi connectivity index (χ0) is 17.8. The number of hydrogen-bond donors (Lipinski definition) is 2. The van der Waals surface area contributed by atoms with E-state index >= 15 is 0 Å². The molecule has 0 bridgehead atoms. The first-order valence-corrected chi connectivity index (χ1v) is 8.57. The Morgan fingerprint density at radius 1 is 1.32 bits per heavy atom. The number of rotatable bonds is 5. The van der Waals surface area contributed by atoms with Crippen LogP contribution in [0, 0.1) is 13.8 Å². The lowest BCUT2D eigenvalue weighted by atomic mass is 10.1. The molecule has 1 aromatic carbocycles. The molecule has 2 unspecified atom stereocenters. The van der Waals surface area contributed by atoms with Gasteiger partial charge in [0.15, 0.2) is 0 Å². The first kappa shape index (κ1) is 17.5. The standard InChI is InChI=1S/C19H24N4O2/c1-13-18(10-20-14(2)22-13)19(25)21-9-16-8-17(24)12-23(16)11-15-6-4-3-5-7-15/h3-7,10,16-17,24H,8-9,11-12H2,1-2H3,(H,21,25). The van der Waals surface area contributed by atoms with E-state index < -0.39 is 0 Å². The fraction of sp³-hybridized carbons (Fsp3) is 0.421. The summed E-state index contributed by atoms with van der Waals surface area (Å²) in [5, 5.41) is 13.0. The molecule has 1 aliphatic rings. The number of nitrogens with one attached hydrogen (secondary N) is 1. The molecule has 0 aliphatic carbocycles. The van der Waals surface area contributed by atoms with Crippen LogP contribution < -0.4 is 5.32 Å². The maximum atomic E-state index is 12.4. The number of aromatic nitrogens is 2. The summed E-state index contributed by atoms with van der Waals surface area (Å²) in [6.07, 6.45) is 1.88. The second-order valence-electron chi connectivity index (χ2n) is 6.58. The van der Waals surface area contributed by atoms with E-state index in [1.54, 1.807) is 13.1 Å². The van der Waals surface area contributed by atoms with E-state index in [0.717, 1.165) is 6.54 Å². The van der Waals surface area contributed by atoms with Crippen molar-refractivity contribution in [3.8, 4) is 0 Å². The molecule has 1 aliphatic heterocycles. The van der Waals surface area contributed by atoms with Gasteiger partial charge in [-0.25, -0.2) is 9.97 Å². The van der Waals surface area contributed by atoms with E-state index in [4.69, 9.17) is 0 Å². The fourth-order valence-corrected chi connectivity index (χ4v) is 3.29. The maximum Gasteiger partial charge on any atom is 0.254 e. The average Bonchev–Trinajstić information content (AvgIpc) is 2.93. The normalized spacial score (nSPS) is 20.6. The third kappa shape index (κ3) is 4.41. The maximum absolute atomic E-state index is 12.4. The molecule has 6 nitrogen and oxygen atoms in total. The highest BCUT2D eigenvalue weighted by atomic mass is 16.3. The molecule has 6 heteroatoms. The van der Waals surface area contributed by atoms with Gasteiger partial charge in [-0.2, -0.15) is 0 Å². The summed E-state index contributed by atoms with van der Waals surface area (Å²) in [4.78, 5) is 23.0. The summed E-state index contributed by atoms with van der Waals surface area (Å²) >= 11 is 0. The van der Waals surface area contributed by atoms with Crippen LogP contribution in [-0.4, -0.2) is 51.1 Å². The quantitative estimate of drug-likeness (QED) is 0.861. The molecule has 132 valence electrons. The topological polar surface area (TPSA) is 78.3 Å². The summed E-state index contributed by atoms with van der Waals surface area (Å²) in [6, 6.07) is 10.3. The zero-order valence-electron chi connectivity index (χ0n) is 14.6. The van der Waals surface area contributed by atoms with Gasteiger partial charge in [0.2, 0.25) is 0 Å². The van der Waals surface area contributed by atoms with Crippen LogP contribution in [0.15, 0.2) is 36.5 Å². The highest BCUT2D eigenvalue weighted by Crippen LogP contribution is 2.20. The monoisotopic (exact) mass is 340 g/mol. The molecule has 2 N–H and O–H groups in total. The number of amides is 1. The van der Waals surface area contributed by atoms with Gasteiger partial charge in [-0.3, -0.25) is 9.69 Å². The first-order chi connectivity index (χ1) is 12.0. The predicted molar refractivity (Wildman–Crippen MR) is 95.1 cm³/mol. The smallest absolute Gasteiger partial charge is 0.254 e. The molecule has 2 atom stereocenters. The van der Waals surface area contributed by atoms with Crippen molar-refractivity contribution in [3.63, 3.8) is 0 Å². The van der Waals surface area contributed by atoms with Gasteiger partial charge in [-0.15, -0.1) is 0 Å². The third-order valence-electron chi connectivity index (χ3n) is 4.58. The number of carbonyl (C=O) groups is 1. The molecule has 2 aromatic rings. The van der Waals surface area contributed by atoms with Crippen molar-refractivity contribution >= 4 is 5.91 Å². The van der Waals surface area contributed by atoms with Crippen LogP contribution in [0.3, 0.4) is 0 Å². The number of β-amino-alcohol motifs (C(OH)–C–C–N with tert-alkyl or cyclic N) is 1.